The monoisotopic (exact) mass is 396 g/mol. The first-order valence-corrected chi connectivity index (χ1v) is 8.97. The number of anilines is 1. The van der Waals surface area contributed by atoms with Crippen molar-refractivity contribution in [3.05, 3.63) is 100 Å². The van der Waals surface area contributed by atoms with Crippen LogP contribution in [0.2, 0.25) is 5.02 Å². The second-order valence-corrected chi connectivity index (χ2v) is 6.73. The number of carbonyl (C=O) groups excluding carboxylic acids is 2. The number of nitrogens with one attached hydrogen (secondary N) is 1. The predicted octanol–water partition coefficient (Wildman–Crippen LogP) is 5.00. The molecule has 3 aromatic carbocycles. The largest absolute Gasteiger partial charge is 0.337 e. The van der Waals surface area contributed by atoms with Crippen LogP contribution in [0.1, 0.15) is 26.3 Å². The number of carbonyl (C=O) groups is 2. The van der Waals surface area contributed by atoms with Crippen LogP contribution < -0.4 is 5.32 Å². The third kappa shape index (κ3) is 4.75. The molecule has 2 amide bonds. The number of rotatable bonds is 5. The highest BCUT2D eigenvalue weighted by molar-refractivity contribution is 6.31. The molecule has 0 aromatic heterocycles. The molecule has 0 aliphatic heterocycles. The Hall–Kier alpha value is -3.18. The summed E-state index contributed by atoms with van der Waals surface area (Å²) >= 11 is 6.06. The van der Waals surface area contributed by atoms with Crippen LogP contribution in [-0.4, -0.2) is 23.8 Å². The quantitative estimate of drug-likeness (QED) is 0.659. The van der Waals surface area contributed by atoms with Crippen molar-refractivity contribution in [3.8, 4) is 0 Å². The first kappa shape index (κ1) is 19.6. The fourth-order valence-corrected chi connectivity index (χ4v) is 2.91. The summed E-state index contributed by atoms with van der Waals surface area (Å²) in [6, 6.07) is 19.4. The molecular formula is C22H18ClFN2O2. The second kappa shape index (κ2) is 8.67. The van der Waals surface area contributed by atoms with Crippen LogP contribution in [0.4, 0.5) is 10.1 Å². The van der Waals surface area contributed by atoms with Crippen molar-refractivity contribution < 1.29 is 14.0 Å². The summed E-state index contributed by atoms with van der Waals surface area (Å²) < 4.78 is 13.1. The normalized spacial score (nSPS) is 10.4. The molecule has 0 aliphatic carbocycles. The molecule has 1 N–H and O–H groups in total. The molecule has 0 bridgehead atoms. The molecule has 28 heavy (non-hydrogen) atoms. The van der Waals surface area contributed by atoms with Crippen molar-refractivity contribution in [2.75, 3.05) is 12.4 Å². The van der Waals surface area contributed by atoms with Crippen molar-refractivity contribution in [3.63, 3.8) is 0 Å². The molecular weight excluding hydrogens is 379 g/mol. The van der Waals surface area contributed by atoms with Gasteiger partial charge in [0.2, 0.25) is 0 Å². The van der Waals surface area contributed by atoms with Crippen LogP contribution in [-0.2, 0) is 6.54 Å². The van der Waals surface area contributed by atoms with Gasteiger partial charge in [-0.3, -0.25) is 9.59 Å². The Labute approximate surface area is 167 Å². The van der Waals surface area contributed by atoms with E-state index >= 15 is 0 Å². The average molecular weight is 397 g/mol. The summed E-state index contributed by atoms with van der Waals surface area (Å²) in [5.74, 6) is -1.14. The molecule has 4 nitrogen and oxygen atoms in total. The summed E-state index contributed by atoms with van der Waals surface area (Å²) in [6.07, 6.45) is 0. The maximum atomic E-state index is 13.1. The topological polar surface area (TPSA) is 49.4 Å². The zero-order valence-electron chi connectivity index (χ0n) is 15.2. The molecule has 0 spiro atoms. The molecule has 0 heterocycles. The Morgan fingerprint density at radius 3 is 2.36 bits per heavy atom. The number of amides is 2. The highest BCUT2D eigenvalue weighted by atomic mass is 35.5. The van der Waals surface area contributed by atoms with Crippen molar-refractivity contribution >= 4 is 29.1 Å². The van der Waals surface area contributed by atoms with E-state index in [1.54, 1.807) is 24.1 Å². The summed E-state index contributed by atoms with van der Waals surface area (Å²) in [4.78, 5) is 27.0. The molecule has 0 saturated carbocycles. The van der Waals surface area contributed by atoms with E-state index in [1.165, 1.54) is 30.3 Å². The van der Waals surface area contributed by atoms with Gasteiger partial charge < -0.3 is 10.2 Å². The van der Waals surface area contributed by atoms with E-state index in [0.717, 1.165) is 5.56 Å². The van der Waals surface area contributed by atoms with Gasteiger partial charge >= 0.3 is 0 Å². The summed E-state index contributed by atoms with van der Waals surface area (Å²) in [5.41, 5.74) is 1.88. The van der Waals surface area contributed by atoms with E-state index in [2.05, 4.69) is 5.32 Å². The SMILES string of the molecule is CN(Cc1ccccc1)C(=O)c1ccc(Cl)cc1NC(=O)c1ccc(F)cc1. The lowest BCUT2D eigenvalue weighted by atomic mass is 10.1. The third-order valence-corrected chi connectivity index (χ3v) is 4.41. The molecule has 0 fully saturated rings. The average Bonchev–Trinajstić information content (AvgIpc) is 2.69. The highest BCUT2D eigenvalue weighted by Gasteiger charge is 2.18. The van der Waals surface area contributed by atoms with Crippen LogP contribution in [0.15, 0.2) is 72.8 Å². The molecule has 0 saturated heterocycles. The van der Waals surface area contributed by atoms with Gasteiger partial charge in [0.25, 0.3) is 11.8 Å². The Balaban J connectivity index is 1.82. The van der Waals surface area contributed by atoms with Crippen LogP contribution in [0.5, 0.6) is 0 Å². The van der Waals surface area contributed by atoms with Gasteiger partial charge in [0.1, 0.15) is 5.82 Å². The van der Waals surface area contributed by atoms with Gasteiger partial charge in [-0.1, -0.05) is 41.9 Å². The Morgan fingerprint density at radius 1 is 1.00 bits per heavy atom. The smallest absolute Gasteiger partial charge is 0.256 e. The van der Waals surface area contributed by atoms with Crippen LogP contribution >= 0.6 is 11.6 Å². The van der Waals surface area contributed by atoms with Crippen molar-refractivity contribution in [1.29, 1.82) is 0 Å². The molecule has 6 heteroatoms. The molecule has 3 rings (SSSR count). The molecule has 0 atom stereocenters. The number of benzene rings is 3. The fourth-order valence-electron chi connectivity index (χ4n) is 2.74. The van der Waals surface area contributed by atoms with E-state index in [0.29, 0.717) is 22.8 Å². The van der Waals surface area contributed by atoms with E-state index in [9.17, 15) is 14.0 Å². The number of hydrogen-bond acceptors (Lipinski definition) is 2. The molecule has 0 unspecified atom stereocenters. The lowest BCUT2D eigenvalue weighted by Gasteiger charge is -2.19. The predicted molar refractivity (Wildman–Crippen MR) is 108 cm³/mol. The number of hydrogen-bond donors (Lipinski definition) is 1. The highest BCUT2D eigenvalue weighted by Crippen LogP contribution is 2.24. The molecule has 142 valence electrons. The van der Waals surface area contributed by atoms with Gasteiger partial charge in [0, 0.05) is 24.2 Å². The van der Waals surface area contributed by atoms with E-state index in [4.69, 9.17) is 11.6 Å². The zero-order valence-corrected chi connectivity index (χ0v) is 15.9. The molecule has 0 radical (unpaired) electrons. The fraction of sp³-hybridized carbons (Fsp3) is 0.0909. The lowest BCUT2D eigenvalue weighted by molar-refractivity contribution is 0.0786. The Bertz CT molecular complexity index is 991. The minimum atomic E-state index is -0.456. The van der Waals surface area contributed by atoms with Crippen molar-refractivity contribution in [2.24, 2.45) is 0 Å². The van der Waals surface area contributed by atoms with Crippen LogP contribution in [0, 0.1) is 5.82 Å². The number of nitrogens with zero attached hydrogens (tertiary/aromatic N) is 1. The summed E-state index contributed by atoms with van der Waals surface area (Å²) in [5, 5.41) is 3.08. The standard InChI is InChI=1S/C22H18ClFN2O2/c1-26(14-15-5-3-2-4-6-15)22(28)19-12-9-17(23)13-20(19)25-21(27)16-7-10-18(24)11-8-16/h2-13H,14H2,1H3,(H,25,27). The van der Waals surface area contributed by atoms with Crippen LogP contribution in [0.3, 0.4) is 0 Å². The first-order chi connectivity index (χ1) is 13.4. The Kier molecular flexibility index (Phi) is 6.06. The van der Waals surface area contributed by atoms with E-state index in [1.807, 2.05) is 30.3 Å². The van der Waals surface area contributed by atoms with Gasteiger partial charge in [-0.05, 0) is 48.0 Å². The van der Waals surface area contributed by atoms with Crippen molar-refractivity contribution in [2.45, 2.75) is 6.54 Å². The van der Waals surface area contributed by atoms with E-state index < -0.39 is 11.7 Å². The summed E-state index contributed by atoms with van der Waals surface area (Å²) in [6.45, 7) is 0.424. The van der Waals surface area contributed by atoms with Gasteiger partial charge in [-0.25, -0.2) is 4.39 Å². The Morgan fingerprint density at radius 2 is 1.68 bits per heavy atom. The zero-order chi connectivity index (χ0) is 20.1. The van der Waals surface area contributed by atoms with Crippen LogP contribution in [0.25, 0.3) is 0 Å². The first-order valence-electron chi connectivity index (χ1n) is 8.60. The van der Waals surface area contributed by atoms with Gasteiger partial charge in [-0.2, -0.15) is 0 Å². The third-order valence-electron chi connectivity index (χ3n) is 4.18. The lowest BCUT2D eigenvalue weighted by Crippen LogP contribution is -2.27. The maximum absolute atomic E-state index is 13.1. The summed E-state index contributed by atoms with van der Waals surface area (Å²) in [7, 11) is 1.69. The van der Waals surface area contributed by atoms with E-state index in [-0.39, 0.29) is 11.5 Å². The maximum Gasteiger partial charge on any atom is 0.256 e. The molecule has 0 aliphatic rings. The van der Waals surface area contributed by atoms with Gasteiger partial charge in [0.05, 0.1) is 11.3 Å². The minimum Gasteiger partial charge on any atom is -0.337 e. The van der Waals surface area contributed by atoms with Crippen molar-refractivity contribution in [1.82, 2.24) is 4.90 Å². The van der Waals surface area contributed by atoms with Gasteiger partial charge in [0.15, 0.2) is 0 Å². The van der Waals surface area contributed by atoms with Gasteiger partial charge in [-0.15, -0.1) is 0 Å². The molecule has 3 aromatic rings. The second-order valence-electron chi connectivity index (χ2n) is 6.30. The minimum absolute atomic E-state index is 0.255. The number of halogens is 2.